The van der Waals surface area contributed by atoms with Gasteiger partial charge in [0.25, 0.3) is 11.8 Å². The molecule has 0 aromatic carbocycles. The van der Waals surface area contributed by atoms with Crippen molar-refractivity contribution in [2.45, 2.75) is 18.8 Å². The molecule has 2 amide bonds. The van der Waals surface area contributed by atoms with Crippen molar-refractivity contribution < 1.29 is 9.59 Å². The Morgan fingerprint density at radius 3 is 2.68 bits per heavy atom. The normalized spacial score (nSPS) is 15.7. The van der Waals surface area contributed by atoms with Gasteiger partial charge in [-0.2, -0.15) is 5.10 Å². The fourth-order valence-electron chi connectivity index (χ4n) is 2.74. The molecular weight excluding hydrogens is 282 g/mol. The van der Waals surface area contributed by atoms with E-state index >= 15 is 0 Å². The molecule has 0 spiro atoms. The second kappa shape index (κ2) is 5.97. The van der Waals surface area contributed by atoms with Crippen LogP contribution in [-0.2, 0) is 0 Å². The SMILES string of the molecule is NC(=O)c1cc(C2CCN(C(=O)c3cccnc3)CC2)[nH]n1. The number of carbonyl (C=O) groups excluding carboxylic acids is 2. The van der Waals surface area contributed by atoms with E-state index in [9.17, 15) is 9.59 Å². The molecule has 0 radical (unpaired) electrons. The van der Waals surface area contributed by atoms with Crippen molar-refractivity contribution in [1.29, 1.82) is 0 Å². The Morgan fingerprint density at radius 1 is 1.32 bits per heavy atom. The number of pyridine rings is 1. The zero-order chi connectivity index (χ0) is 15.5. The monoisotopic (exact) mass is 299 g/mol. The summed E-state index contributed by atoms with van der Waals surface area (Å²) in [6.45, 7) is 1.34. The van der Waals surface area contributed by atoms with Crippen molar-refractivity contribution in [2.24, 2.45) is 5.73 Å². The lowest BCUT2D eigenvalue weighted by molar-refractivity contribution is 0.0711. The molecule has 3 heterocycles. The Labute approximate surface area is 127 Å². The van der Waals surface area contributed by atoms with Gasteiger partial charge in [-0.3, -0.25) is 19.7 Å². The lowest BCUT2D eigenvalue weighted by Crippen LogP contribution is -2.38. The van der Waals surface area contributed by atoms with Crippen LogP contribution in [0.2, 0.25) is 0 Å². The number of nitrogens with zero attached hydrogens (tertiary/aromatic N) is 3. The van der Waals surface area contributed by atoms with Gasteiger partial charge in [0.2, 0.25) is 0 Å². The maximum atomic E-state index is 12.3. The Kier molecular flexibility index (Phi) is 3.86. The van der Waals surface area contributed by atoms with Crippen LogP contribution >= 0.6 is 0 Å². The predicted octanol–water partition coefficient (Wildman–Crippen LogP) is 0.923. The van der Waals surface area contributed by atoms with Gasteiger partial charge in [-0.05, 0) is 31.0 Å². The summed E-state index contributed by atoms with van der Waals surface area (Å²) in [5.41, 5.74) is 6.97. The minimum atomic E-state index is -0.535. The van der Waals surface area contributed by atoms with Gasteiger partial charge in [0.15, 0.2) is 0 Å². The van der Waals surface area contributed by atoms with Gasteiger partial charge in [0.1, 0.15) is 5.69 Å². The topological polar surface area (TPSA) is 105 Å². The average Bonchev–Trinajstić information content (AvgIpc) is 3.05. The van der Waals surface area contributed by atoms with E-state index in [-0.39, 0.29) is 17.5 Å². The molecule has 1 aliphatic rings. The summed E-state index contributed by atoms with van der Waals surface area (Å²) in [6.07, 6.45) is 4.89. The van der Waals surface area contributed by atoms with E-state index in [1.807, 2.05) is 4.90 Å². The zero-order valence-electron chi connectivity index (χ0n) is 12.0. The van der Waals surface area contributed by atoms with Gasteiger partial charge in [0.05, 0.1) is 5.56 Å². The standard InChI is InChI=1S/C15H17N5O2/c16-14(21)13-8-12(18-19-13)10-3-6-20(7-4-10)15(22)11-2-1-5-17-9-11/h1-2,5,8-10H,3-4,6-7H2,(H2,16,21)(H,18,19). The number of amides is 2. The highest BCUT2D eigenvalue weighted by Gasteiger charge is 2.26. The molecule has 1 saturated heterocycles. The van der Waals surface area contributed by atoms with Crippen LogP contribution in [0.1, 0.15) is 45.3 Å². The highest BCUT2D eigenvalue weighted by Crippen LogP contribution is 2.27. The molecule has 3 rings (SSSR count). The summed E-state index contributed by atoms with van der Waals surface area (Å²) < 4.78 is 0. The molecule has 0 aliphatic carbocycles. The highest BCUT2D eigenvalue weighted by atomic mass is 16.2. The van der Waals surface area contributed by atoms with E-state index < -0.39 is 5.91 Å². The number of likely N-dealkylation sites (tertiary alicyclic amines) is 1. The molecule has 0 bridgehead atoms. The molecule has 0 saturated carbocycles. The van der Waals surface area contributed by atoms with Crippen molar-refractivity contribution >= 4 is 11.8 Å². The molecule has 7 heteroatoms. The first kappa shape index (κ1) is 14.2. The summed E-state index contributed by atoms with van der Waals surface area (Å²) in [5, 5.41) is 6.77. The quantitative estimate of drug-likeness (QED) is 0.879. The van der Waals surface area contributed by atoms with E-state index in [1.165, 1.54) is 0 Å². The highest BCUT2D eigenvalue weighted by molar-refractivity contribution is 5.94. The van der Waals surface area contributed by atoms with Crippen molar-refractivity contribution in [2.75, 3.05) is 13.1 Å². The number of hydrogen-bond donors (Lipinski definition) is 2. The number of rotatable bonds is 3. The molecule has 0 atom stereocenters. The van der Waals surface area contributed by atoms with Crippen LogP contribution in [0.5, 0.6) is 0 Å². The summed E-state index contributed by atoms with van der Waals surface area (Å²) in [6, 6.07) is 5.23. The molecule has 1 aliphatic heterocycles. The lowest BCUT2D eigenvalue weighted by Gasteiger charge is -2.31. The predicted molar refractivity (Wildman–Crippen MR) is 79.2 cm³/mol. The third kappa shape index (κ3) is 2.83. The molecule has 7 nitrogen and oxygen atoms in total. The van der Waals surface area contributed by atoms with E-state index in [1.54, 1.807) is 30.6 Å². The fraction of sp³-hybridized carbons (Fsp3) is 0.333. The first-order valence-electron chi connectivity index (χ1n) is 7.19. The van der Waals surface area contributed by atoms with Crippen LogP contribution < -0.4 is 5.73 Å². The van der Waals surface area contributed by atoms with Gasteiger partial charge in [-0.15, -0.1) is 0 Å². The lowest BCUT2D eigenvalue weighted by atomic mass is 9.93. The minimum absolute atomic E-state index is 0.00832. The summed E-state index contributed by atoms with van der Waals surface area (Å²) in [5.74, 6) is -0.265. The van der Waals surface area contributed by atoms with Crippen molar-refractivity contribution in [1.82, 2.24) is 20.1 Å². The average molecular weight is 299 g/mol. The summed E-state index contributed by atoms with van der Waals surface area (Å²) >= 11 is 0. The number of H-pyrrole nitrogens is 1. The van der Waals surface area contributed by atoms with Crippen LogP contribution in [0, 0.1) is 0 Å². The first-order valence-corrected chi connectivity index (χ1v) is 7.19. The molecular formula is C15H17N5O2. The summed E-state index contributed by atoms with van der Waals surface area (Å²) in [7, 11) is 0. The first-order chi connectivity index (χ1) is 10.6. The van der Waals surface area contributed by atoms with Gasteiger partial charge >= 0.3 is 0 Å². The molecule has 114 valence electrons. The van der Waals surface area contributed by atoms with Gasteiger partial charge in [-0.1, -0.05) is 0 Å². The smallest absolute Gasteiger partial charge is 0.269 e. The molecule has 3 N–H and O–H groups in total. The van der Waals surface area contributed by atoms with Gasteiger partial charge in [-0.25, -0.2) is 0 Å². The van der Waals surface area contributed by atoms with E-state index in [0.29, 0.717) is 18.7 Å². The molecule has 22 heavy (non-hydrogen) atoms. The number of carbonyl (C=O) groups is 2. The maximum Gasteiger partial charge on any atom is 0.269 e. The van der Waals surface area contributed by atoms with Crippen LogP contribution in [0.3, 0.4) is 0 Å². The minimum Gasteiger partial charge on any atom is -0.364 e. The Morgan fingerprint density at radius 2 is 2.09 bits per heavy atom. The number of piperidine rings is 1. The molecule has 2 aromatic rings. The molecule has 1 fully saturated rings. The maximum absolute atomic E-state index is 12.3. The van der Waals surface area contributed by atoms with E-state index in [2.05, 4.69) is 15.2 Å². The number of aromatic amines is 1. The van der Waals surface area contributed by atoms with Gasteiger partial charge in [0, 0.05) is 37.1 Å². The van der Waals surface area contributed by atoms with Crippen LogP contribution in [0.4, 0.5) is 0 Å². The fourth-order valence-corrected chi connectivity index (χ4v) is 2.74. The summed E-state index contributed by atoms with van der Waals surface area (Å²) in [4.78, 5) is 29.2. The van der Waals surface area contributed by atoms with Crippen molar-refractivity contribution in [3.8, 4) is 0 Å². The number of nitrogens with one attached hydrogen (secondary N) is 1. The van der Waals surface area contributed by atoms with Crippen molar-refractivity contribution in [3.63, 3.8) is 0 Å². The Balaban J connectivity index is 1.62. The second-order valence-electron chi connectivity index (χ2n) is 5.38. The third-order valence-corrected chi connectivity index (χ3v) is 3.98. The Hall–Kier alpha value is -2.70. The van der Waals surface area contributed by atoms with Crippen LogP contribution in [0.15, 0.2) is 30.6 Å². The largest absolute Gasteiger partial charge is 0.364 e. The van der Waals surface area contributed by atoms with E-state index in [4.69, 9.17) is 5.73 Å². The number of primary amides is 1. The zero-order valence-corrected chi connectivity index (χ0v) is 12.0. The number of aromatic nitrogens is 3. The van der Waals surface area contributed by atoms with Gasteiger partial charge < -0.3 is 10.6 Å². The van der Waals surface area contributed by atoms with Crippen molar-refractivity contribution in [3.05, 3.63) is 47.5 Å². The second-order valence-corrected chi connectivity index (χ2v) is 5.38. The number of nitrogens with two attached hydrogens (primary N) is 1. The van der Waals surface area contributed by atoms with Crippen LogP contribution in [0.25, 0.3) is 0 Å². The molecule has 0 unspecified atom stereocenters. The third-order valence-electron chi connectivity index (χ3n) is 3.98. The van der Waals surface area contributed by atoms with Crippen LogP contribution in [-0.4, -0.2) is 45.0 Å². The Bertz CT molecular complexity index is 674. The van der Waals surface area contributed by atoms with E-state index in [0.717, 1.165) is 18.5 Å². The molecule has 2 aromatic heterocycles. The number of hydrogen-bond acceptors (Lipinski definition) is 4.